The van der Waals surface area contributed by atoms with Crippen LogP contribution >= 0.6 is 11.6 Å². The van der Waals surface area contributed by atoms with Gasteiger partial charge in [-0.3, -0.25) is 4.79 Å². The summed E-state index contributed by atoms with van der Waals surface area (Å²) in [5, 5.41) is 2.41. The van der Waals surface area contributed by atoms with Gasteiger partial charge >= 0.3 is 5.91 Å². The van der Waals surface area contributed by atoms with Gasteiger partial charge in [0.25, 0.3) is 11.9 Å². The molecular weight excluding hydrogens is 239 g/mol. The number of aromatic nitrogens is 3. The van der Waals surface area contributed by atoms with Crippen molar-refractivity contribution < 1.29 is 13.6 Å². The van der Waals surface area contributed by atoms with Crippen LogP contribution in [0.25, 0.3) is 0 Å². The standard InChI is InChI=1S/C8H4ClFN4O2/c9-8-12-1-4(2-13-8)14-6(15)7-11-3-5(10)16-7/h1-3H,(H,14,15). The molecule has 0 bridgehead atoms. The number of halogens is 2. The molecule has 0 saturated carbocycles. The van der Waals surface area contributed by atoms with Crippen LogP contribution < -0.4 is 5.32 Å². The predicted molar refractivity (Wildman–Crippen MR) is 51.5 cm³/mol. The third-order valence-electron chi connectivity index (χ3n) is 1.55. The number of anilines is 1. The van der Waals surface area contributed by atoms with E-state index in [4.69, 9.17) is 11.6 Å². The molecule has 0 unspecified atom stereocenters. The average Bonchev–Trinajstić information content (AvgIpc) is 2.68. The Bertz CT molecular complexity index is 513. The van der Waals surface area contributed by atoms with Crippen LogP contribution in [0, 0.1) is 6.01 Å². The molecule has 1 N–H and O–H groups in total. The van der Waals surface area contributed by atoms with E-state index in [0.29, 0.717) is 5.69 Å². The van der Waals surface area contributed by atoms with Crippen molar-refractivity contribution in [3.05, 3.63) is 35.8 Å². The lowest BCUT2D eigenvalue weighted by Gasteiger charge is -2.00. The van der Waals surface area contributed by atoms with E-state index in [1.807, 2.05) is 0 Å². The SMILES string of the molecule is O=C(Nc1cnc(Cl)nc1)c1ncc(F)o1. The third kappa shape index (κ3) is 2.31. The molecule has 0 radical (unpaired) electrons. The summed E-state index contributed by atoms with van der Waals surface area (Å²) in [6, 6.07) is -0.933. The van der Waals surface area contributed by atoms with Crippen LogP contribution in [0.3, 0.4) is 0 Å². The molecule has 0 fully saturated rings. The highest BCUT2D eigenvalue weighted by Crippen LogP contribution is 2.08. The Kier molecular flexibility index (Phi) is 2.78. The van der Waals surface area contributed by atoms with Gasteiger partial charge in [0.1, 0.15) is 6.20 Å². The molecule has 0 spiro atoms. The number of carbonyl (C=O) groups is 1. The van der Waals surface area contributed by atoms with Gasteiger partial charge in [-0.25, -0.2) is 15.0 Å². The fraction of sp³-hybridized carbons (Fsp3) is 0. The first-order valence-corrected chi connectivity index (χ1v) is 4.43. The highest BCUT2D eigenvalue weighted by Gasteiger charge is 2.13. The number of amides is 1. The number of carbonyl (C=O) groups excluding carboxylic acids is 1. The van der Waals surface area contributed by atoms with Gasteiger partial charge in [-0.2, -0.15) is 4.39 Å². The molecule has 8 heteroatoms. The second-order valence-corrected chi connectivity index (χ2v) is 3.00. The Balaban J connectivity index is 2.10. The van der Waals surface area contributed by atoms with Crippen molar-refractivity contribution in [1.82, 2.24) is 15.0 Å². The van der Waals surface area contributed by atoms with Gasteiger partial charge in [-0.05, 0) is 11.6 Å². The zero-order valence-electron chi connectivity index (χ0n) is 7.65. The largest absolute Gasteiger partial charge is 0.406 e. The molecule has 6 nitrogen and oxygen atoms in total. The lowest BCUT2D eigenvalue weighted by molar-refractivity contribution is 0.0982. The molecule has 0 aliphatic heterocycles. The Labute approximate surface area is 93.5 Å². The van der Waals surface area contributed by atoms with Gasteiger partial charge in [0, 0.05) is 0 Å². The maximum atomic E-state index is 12.4. The number of rotatable bonds is 2. The van der Waals surface area contributed by atoms with Crippen LogP contribution in [0.4, 0.5) is 10.1 Å². The quantitative estimate of drug-likeness (QED) is 0.808. The van der Waals surface area contributed by atoms with E-state index < -0.39 is 11.9 Å². The number of hydrogen-bond acceptors (Lipinski definition) is 5. The predicted octanol–water partition coefficient (Wildman–Crippen LogP) is 1.51. The fourth-order valence-electron chi connectivity index (χ4n) is 0.921. The molecule has 2 rings (SSSR count). The van der Waals surface area contributed by atoms with Crippen LogP contribution in [0.2, 0.25) is 5.28 Å². The minimum atomic E-state index is -0.933. The van der Waals surface area contributed by atoms with Gasteiger partial charge in [-0.15, -0.1) is 0 Å². The second kappa shape index (κ2) is 4.23. The average molecular weight is 243 g/mol. The topological polar surface area (TPSA) is 80.9 Å². The Hall–Kier alpha value is -2.02. The molecule has 0 aliphatic carbocycles. The van der Waals surface area contributed by atoms with E-state index in [-0.39, 0.29) is 11.2 Å². The first-order valence-electron chi connectivity index (χ1n) is 4.05. The molecule has 0 aromatic carbocycles. The van der Waals surface area contributed by atoms with Crippen molar-refractivity contribution in [2.24, 2.45) is 0 Å². The maximum Gasteiger partial charge on any atom is 0.311 e. The van der Waals surface area contributed by atoms with Gasteiger partial charge in [0.2, 0.25) is 5.28 Å². The van der Waals surface area contributed by atoms with Crippen molar-refractivity contribution >= 4 is 23.2 Å². The summed E-state index contributed by atoms with van der Waals surface area (Å²) in [6.07, 6.45) is 3.40. The minimum absolute atomic E-state index is 0.0557. The maximum absolute atomic E-state index is 12.4. The molecule has 2 aromatic heterocycles. The smallest absolute Gasteiger partial charge is 0.311 e. The van der Waals surface area contributed by atoms with Crippen LogP contribution in [-0.4, -0.2) is 20.9 Å². The van der Waals surface area contributed by atoms with Crippen LogP contribution in [0.15, 0.2) is 23.0 Å². The van der Waals surface area contributed by atoms with Gasteiger partial charge in [-0.1, -0.05) is 0 Å². The molecule has 0 aliphatic rings. The van der Waals surface area contributed by atoms with Crippen molar-refractivity contribution in [2.45, 2.75) is 0 Å². The normalized spacial score (nSPS) is 10.1. The molecule has 0 saturated heterocycles. The molecular formula is C8H4ClFN4O2. The lowest BCUT2D eigenvalue weighted by atomic mass is 10.5. The summed E-state index contributed by atoms with van der Waals surface area (Å²) < 4.78 is 16.8. The summed E-state index contributed by atoms with van der Waals surface area (Å²) in [4.78, 5) is 22.1. The molecule has 2 heterocycles. The van der Waals surface area contributed by atoms with E-state index in [0.717, 1.165) is 6.20 Å². The third-order valence-corrected chi connectivity index (χ3v) is 1.75. The van der Waals surface area contributed by atoms with Gasteiger partial charge < -0.3 is 9.73 Å². The summed E-state index contributed by atoms with van der Waals surface area (Å²) in [7, 11) is 0. The number of nitrogens with zero attached hydrogens (tertiary/aromatic N) is 3. The molecule has 0 atom stereocenters. The van der Waals surface area contributed by atoms with E-state index >= 15 is 0 Å². The fourth-order valence-corrected chi connectivity index (χ4v) is 1.02. The molecule has 16 heavy (non-hydrogen) atoms. The van der Waals surface area contributed by atoms with Crippen LogP contribution in [-0.2, 0) is 0 Å². The Morgan fingerprint density at radius 2 is 2.00 bits per heavy atom. The van der Waals surface area contributed by atoms with E-state index in [2.05, 4.69) is 24.7 Å². The van der Waals surface area contributed by atoms with Crippen molar-refractivity contribution in [3.8, 4) is 0 Å². The minimum Gasteiger partial charge on any atom is -0.406 e. The zero-order chi connectivity index (χ0) is 11.5. The van der Waals surface area contributed by atoms with Gasteiger partial charge in [0.05, 0.1) is 18.1 Å². The zero-order valence-corrected chi connectivity index (χ0v) is 8.40. The van der Waals surface area contributed by atoms with Crippen LogP contribution in [0.1, 0.15) is 10.7 Å². The molecule has 82 valence electrons. The summed E-state index contributed by atoms with van der Waals surface area (Å²) in [6.45, 7) is 0. The highest BCUT2D eigenvalue weighted by molar-refractivity contribution is 6.28. The lowest BCUT2D eigenvalue weighted by Crippen LogP contribution is -2.12. The second-order valence-electron chi connectivity index (χ2n) is 2.66. The summed E-state index contributed by atoms with van der Waals surface area (Å²) in [5.41, 5.74) is 0.299. The van der Waals surface area contributed by atoms with Crippen molar-refractivity contribution in [2.75, 3.05) is 5.32 Å². The number of oxazole rings is 1. The first kappa shape index (κ1) is 10.5. The van der Waals surface area contributed by atoms with Crippen molar-refractivity contribution in [3.63, 3.8) is 0 Å². The van der Waals surface area contributed by atoms with Gasteiger partial charge in [0.15, 0.2) is 0 Å². The van der Waals surface area contributed by atoms with E-state index in [1.54, 1.807) is 0 Å². The number of hydrogen-bond donors (Lipinski definition) is 1. The Morgan fingerprint density at radius 1 is 1.31 bits per heavy atom. The van der Waals surface area contributed by atoms with Crippen LogP contribution in [0.5, 0.6) is 0 Å². The van der Waals surface area contributed by atoms with E-state index in [9.17, 15) is 9.18 Å². The summed E-state index contributed by atoms with van der Waals surface area (Å²) in [5.74, 6) is -1.08. The Morgan fingerprint density at radius 3 is 2.56 bits per heavy atom. The molecule has 2 aromatic rings. The molecule has 1 amide bonds. The highest BCUT2D eigenvalue weighted by atomic mass is 35.5. The monoisotopic (exact) mass is 242 g/mol. The number of nitrogens with one attached hydrogen (secondary N) is 1. The first-order chi connectivity index (χ1) is 7.65. The van der Waals surface area contributed by atoms with E-state index in [1.165, 1.54) is 12.4 Å². The summed E-state index contributed by atoms with van der Waals surface area (Å²) >= 11 is 5.45. The van der Waals surface area contributed by atoms with Crippen molar-refractivity contribution in [1.29, 1.82) is 0 Å².